The molecule has 0 aliphatic rings. The van der Waals surface area contributed by atoms with E-state index in [4.69, 9.17) is 10.5 Å². The minimum absolute atomic E-state index is 0.152. The first-order valence-electron chi connectivity index (χ1n) is 4.51. The second kappa shape index (κ2) is 8.53. The Bertz CT molecular complexity index is 113. The molecule has 3 nitrogen and oxygen atoms in total. The van der Waals surface area contributed by atoms with Crippen LogP contribution < -0.4 is 5.73 Å². The molecule has 0 aromatic rings. The van der Waals surface area contributed by atoms with E-state index >= 15 is 0 Å². The molecule has 0 aliphatic heterocycles. The number of carbonyl (C=O) groups is 1. The van der Waals surface area contributed by atoms with Crippen molar-refractivity contribution in [2.75, 3.05) is 6.61 Å². The van der Waals surface area contributed by atoms with E-state index in [9.17, 15) is 4.79 Å². The van der Waals surface area contributed by atoms with Gasteiger partial charge >= 0.3 is 5.97 Å². The third kappa shape index (κ3) is 6.16. The van der Waals surface area contributed by atoms with E-state index < -0.39 is 6.04 Å². The fourth-order valence-electron chi connectivity index (χ4n) is 0.511. The highest BCUT2D eigenvalue weighted by Gasteiger charge is 2.17. The molecule has 1 atom stereocenters. The summed E-state index contributed by atoms with van der Waals surface area (Å²) in [5.41, 5.74) is 5.47. The second-order valence-electron chi connectivity index (χ2n) is 2.52. The molecular formula is C9H21NO2. The number of hydrogen-bond acceptors (Lipinski definition) is 3. The van der Waals surface area contributed by atoms with Gasteiger partial charge in [-0.15, -0.1) is 0 Å². The molecule has 3 heteroatoms. The summed E-state index contributed by atoms with van der Waals surface area (Å²) in [6, 6.07) is -0.472. The third-order valence-electron chi connectivity index (χ3n) is 1.28. The standard InChI is InChI=1S/C7H15NO2.C2H6/c1-4-10-7(9)6(8)5(2)3;1-2/h5-6H,4,8H2,1-3H3;1-2H3. The van der Waals surface area contributed by atoms with Crippen LogP contribution >= 0.6 is 0 Å². The average molecular weight is 175 g/mol. The van der Waals surface area contributed by atoms with Crippen LogP contribution in [0, 0.1) is 5.92 Å². The largest absolute Gasteiger partial charge is 0.465 e. The summed E-state index contributed by atoms with van der Waals surface area (Å²) < 4.78 is 4.70. The van der Waals surface area contributed by atoms with Crippen molar-refractivity contribution in [2.45, 2.75) is 40.7 Å². The summed E-state index contributed by atoms with van der Waals surface area (Å²) in [6.45, 7) is 9.95. The minimum Gasteiger partial charge on any atom is -0.465 e. The van der Waals surface area contributed by atoms with Gasteiger partial charge in [-0.25, -0.2) is 0 Å². The molecule has 0 aromatic heterocycles. The van der Waals surface area contributed by atoms with Crippen LogP contribution in [0.5, 0.6) is 0 Å². The van der Waals surface area contributed by atoms with Crippen molar-refractivity contribution in [1.29, 1.82) is 0 Å². The van der Waals surface area contributed by atoms with Gasteiger partial charge < -0.3 is 10.5 Å². The summed E-state index contributed by atoms with van der Waals surface area (Å²) in [4.78, 5) is 10.8. The van der Waals surface area contributed by atoms with Crippen molar-refractivity contribution in [1.82, 2.24) is 0 Å². The molecule has 12 heavy (non-hydrogen) atoms. The van der Waals surface area contributed by atoms with Crippen molar-refractivity contribution in [3.05, 3.63) is 0 Å². The second-order valence-corrected chi connectivity index (χ2v) is 2.52. The Balaban J connectivity index is 0. The fourth-order valence-corrected chi connectivity index (χ4v) is 0.511. The topological polar surface area (TPSA) is 52.3 Å². The van der Waals surface area contributed by atoms with Gasteiger partial charge in [-0.05, 0) is 12.8 Å². The van der Waals surface area contributed by atoms with Crippen molar-refractivity contribution in [3.63, 3.8) is 0 Å². The molecule has 0 aliphatic carbocycles. The molecule has 1 unspecified atom stereocenters. The molecule has 0 spiro atoms. The summed E-state index contributed by atoms with van der Waals surface area (Å²) in [6.07, 6.45) is 0. The molecule has 2 N–H and O–H groups in total. The van der Waals surface area contributed by atoms with E-state index in [0.29, 0.717) is 6.61 Å². The SMILES string of the molecule is CC.CCOC(=O)C(N)C(C)C. The number of esters is 1. The maximum Gasteiger partial charge on any atom is 0.323 e. The van der Waals surface area contributed by atoms with Crippen molar-refractivity contribution in [2.24, 2.45) is 11.7 Å². The van der Waals surface area contributed by atoms with E-state index in [1.54, 1.807) is 6.92 Å². The molecule has 0 saturated heterocycles. The smallest absolute Gasteiger partial charge is 0.323 e. The van der Waals surface area contributed by atoms with Crippen LogP contribution in [-0.4, -0.2) is 18.6 Å². The van der Waals surface area contributed by atoms with E-state index in [-0.39, 0.29) is 11.9 Å². The highest BCUT2D eigenvalue weighted by atomic mass is 16.5. The molecule has 0 amide bonds. The Labute approximate surface area is 75.3 Å². The lowest BCUT2D eigenvalue weighted by molar-refractivity contribution is -0.145. The quantitative estimate of drug-likeness (QED) is 0.662. The van der Waals surface area contributed by atoms with Crippen molar-refractivity contribution < 1.29 is 9.53 Å². The molecule has 74 valence electrons. The third-order valence-corrected chi connectivity index (χ3v) is 1.28. The van der Waals surface area contributed by atoms with Gasteiger partial charge in [0.1, 0.15) is 6.04 Å². The van der Waals surface area contributed by atoms with E-state index in [0.717, 1.165) is 0 Å². The Hall–Kier alpha value is -0.570. The molecule has 0 aromatic carbocycles. The number of hydrogen-bond donors (Lipinski definition) is 1. The molecule has 0 rings (SSSR count). The van der Waals surface area contributed by atoms with Gasteiger partial charge in [-0.3, -0.25) is 4.79 Å². The van der Waals surface area contributed by atoms with Crippen molar-refractivity contribution in [3.8, 4) is 0 Å². The predicted octanol–water partition coefficient (Wildman–Crippen LogP) is 1.56. The molecule has 0 fully saturated rings. The minimum atomic E-state index is -0.472. The fraction of sp³-hybridized carbons (Fsp3) is 0.889. The van der Waals surface area contributed by atoms with Crippen LogP contribution in [0.15, 0.2) is 0 Å². The van der Waals surface area contributed by atoms with Gasteiger partial charge in [0.15, 0.2) is 0 Å². The number of rotatable bonds is 3. The van der Waals surface area contributed by atoms with Gasteiger partial charge in [0.25, 0.3) is 0 Å². The Morgan fingerprint density at radius 3 is 2.08 bits per heavy atom. The maximum atomic E-state index is 10.8. The summed E-state index contributed by atoms with van der Waals surface area (Å²) >= 11 is 0. The van der Waals surface area contributed by atoms with Crippen molar-refractivity contribution >= 4 is 5.97 Å². The summed E-state index contributed by atoms with van der Waals surface area (Å²) in [5, 5.41) is 0. The van der Waals surface area contributed by atoms with Gasteiger partial charge in [0.2, 0.25) is 0 Å². The van der Waals surface area contributed by atoms with Crippen LogP contribution in [0.1, 0.15) is 34.6 Å². The van der Waals surface area contributed by atoms with Gasteiger partial charge in [0, 0.05) is 0 Å². The number of ether oxygens (including phenoxy) is 1. The van der Waals surface area contributed by atoms with Gasteiger partial charge in [-0.2, -0.15) is 0 Å². The lowest BCUT2D eigenvalue weighted by Crippen LogP contribution is -2.36. The van der Waals surface area contributed by atoms with E-state index in [1.165, 1.54) is 0 Å². The van der Waals surface area contributed by atoms with Crippen LogP contribution in [0.2, 0.25) is 0 Å². The molecule has 0 radical (unpaired) electrons. The zero-order chi connectivity index (χ0) is 10.1. The lowest BCUT2D eigenvalue weighted by Gasteiger charge is -2.12. The molecule has 0 heterocycles. The van der Waals surface area contributed by atoms with Crippen LogP contribution in [0.3, 0.4) is 0 Å². The van der Waals surface area contributed by atoms with Gasteiger partial charge in [0.05, 0.1) is 6.61 Å². The van der Waals surface area contributed by atoms with Crippen LogP contribution in [0.4, 0.5) is 0 Å². The Morgan fingerprint density at radius 2 is 1.83 bits per heavy atom. The zero-order valence-corrected chi connectivity index (χ0v) is 8.76. The first-order valence-corrected chi connectivity index (χ1v) is 4.51. The monoisotopic (exact) mass is 175 g/mol. The maximum absolute atomic E-state index is 10.8. The lowest BCUT2D eigenvalue weighted by atomic mass is 10.1. The van der Waals surface area contributed by atoms with Crippen LogP contribution in [0.25, 0.3) is 0 Å². The number of nitrogens with two attached hydrogens (primary N) is 1. The van der Waals surface area contributed by atoms with Gasteiger partial charge in [-0.1, -0.05) is 27.7 Å². The summed E-state index contributed by atoms with van der Waals surface area (Å²) in [7, 11) is 0. The van der Waals surface area contributed by atoms with E-state index in [1.807, 2.05) is 27.7 Å². The van der Waals surface area contributed by atoms with Crippen LogP contribution in [-0.2, 0) is 9.53 Å². The molecule has 0 saturated carbocycles. The highest BCUT2D eigenvalue weighted by Crippen LogP contribution is 1.99. The first kappa shape index (κ1) is 14.0. The normalized spacial score (nSPS) is 11.6. The first-order chi connectivity index (χ1) is 5.59. The summed E-state index contributed by atoms with van der Waals surface area (Å²) in [5.74, 6) is -0.156. The van der Waals surface area contributed by atoms with E-state index in [2.05, 4.69) is 0 Å². The number of carbonyl (C=O) groups excluding carboxylic acids is 1. The predicted molar refractivity (Wildman–Crippen MR) is 50.8 cm³/mol. The average Bonchev–Trinajstić information content (AvgIpc) is 2.07. The molecule has 0 bridgehead atoms. The Morgan fingerprint density at radius 1 is 1.42 bits per heavy atom. The highest BCUT2D eigenvalue weighted by molar-refractivity contribution is 5.75. The Kier molecular flexibility index (Phi) is 9.93. The molecular weight excluding hydrogens is 154 g/mol. The zero-order valence-electron chi connectivity index (χ0n) is 8.76.